The summed E-state index contributed by atoms with van der Waals surface area (Å²) >= 11 is 0. The molecule has 1 atom stereocenters. The van der Waals surface area contributed by atoms with Crippen LogP contribution < -0.4 is 10.5 Å². The molecule has 1 aromatic carbocycles. The van der Waals surface area contributed by atoms with E-state index in [1.54, 1.807) is 24.3 Å². The van der Waals surface area contributed by atoms with Gasteiger partial charge in [-0.1, -0.05) is 18.2 Å². The highest BCUT2D eigenvalue weighted by molar-refractivity contribution is 7.92. The minimum atomic E-state index is -3.62. The number of sulfone groups is 1. The monoisotopic (exact) mass is 287 g/mol. The Morgan fingerprint density at radius 2 is 1.95 bits per heavy atom. The molecule has 1 unspecified atom stereocenters. The summed E-state index contributed by atoms with van der Waals surface area (Å²) in [4.78, 5) is 11.0. The Morgan fingerprint density at radius 1 is 1.32 bits per heavy atom. The Kier molecular flexibility index (Phi) is 5.31. The second kappa shape index (κ2) is 6.53. The van der Waals surface area contributed by atoms with Crippen LogP contribution in [-0.2, 0) is 19.4 Å². The Bertz CT molecular complexity index is 541. The number of para-hydroxylation sites is 1. The first-order chi connectivity index (χ1) is 8.89. The molecule has 0 radical (unpaired) electrons. The van der Waals surface area contributed by atoms with Gasteiger partial charge in [0.05, 0.1) is 20.0 Å². The summed E-state index contributed by atoms with van der Waals surface area (Å²) in [6, 6.07) is 6.13. The van der Waals surface area contributed by atoms with Gasteiger partial charge in [-0.05, 0) is 6.07 Å². The van der Waals surface area contributed by atoms with Crippen LogP contribution in [0.25, 0.3) is 0 Å². The molecule has 0 fully saturated rings. The van der Waals surface area contributed by atoms with E-state index in [1.165, 1.54) is 7.11 Å². The molecule has 0 heterocycles. The standard InChI is InChI=1S/C12H17NO5S/c1-17-11-6-4-3-5-9(11)10(13)7-19(15,16)8-12(14)18-2/h3-6,10H,7-8,13H2,1-2H3. The number of benzene rings is 1. The first-order valence-electron chi connectivity index (χ1n) is 5.55. The van der Waals surface area contributed by atoms with Gasteiger partial charge in [-0.15, -0.1) is 0 Å². The van der Waals surface area contributed by atoms with Gasteiger partial charge < -0.3 is 15.2 Å². The van der Waals surface area contributed by atoms with Crippen LogP contribution in [0.2, 0.25) is 0 Å². The second-order valence-electron chi connectivity index (χ2n) is 3.98. The molecule has 7 heteroatoms. The Morgan fingerprint density at radius 3 is 2.53 bits per heavy atom. The van der Waals surface area contributed by atoms with Crippen LogP contribution in [0.4, 0.5) is 0 Å². The van der Waals surface area contributed by atoms with Gasteiger partial charge in [-0.2, -0.15) is 0 Å². The lowest BCUT2D eigenvalue weighted by atomic mass is 10.1. The molecule has 1 rings (SSSR count). The lowest BCUT2D eigenvalue weighted by Gasteiger charge is -2.15. The van der Waals surface area contributed by atoms with E-state index >= 15 is 0 Å². The third-order valence-corrected chi connectivity index (χ3v) is 4.08. The Balaban J connectivity index is 2.84. The molecule has 0 saturated heterocycles. The van der Waals surface area contributed by atoms with Gasteiger partial charge in [0.1, 0.15) is 11.5 Å². The highest BCUT2D eigenvalue weighted by atomic mass is 32.2. The number of esters is 1. The maximum absolute atomic E-state index is 11.8. The molecule has 0 saturated carbocycles. The van der Waals surface area contributed by atoms with Gasteiger partial charge >= 0.3 is 5.97 Å². The highest BCUT2D eigenvalue weighted by Crippen LogP contribution is 2.24. The van der Waals surface area contributed by atoms with Crippen molar-refractivity contribution in [1.82, 2.24) is 0 Å². The van der Waals surface area contributed by atoms with Crippen molar-refractivity contribution >= 4 is 15.8 Å². The molecule has 0 spiro atoms. The third-order valence-electron chi connectivity index (χ3n) is 2.54. The van der Waals surface area contributed by atoms with E-state index in [0.717, 1.165) is 7.11 Å². The van der Waals surface area contributed by atoms with Gasteiger partial charge in [0.2, 0.25) is 0 Å². The van der Waals surface area contributed by atoms with E-state index in [9.17, 15) is 13.2 Å². The number of methoxy groups -OCH3 is 2. The van der Waals surface area contributed by atoms with Gasteiger partial charge in [-0.3, -0.25) is 4.79 Å². The summed E-state index contributed by atoms with van der Waals surface area (Å²) in [6.45, 7) is 0. The molecule has 0 aliphatic heterocycles. The maximum atomic E-state index is 11.8. The zero-order valence-electron chi connectivity index (χ0n) is 10.8. The molecular formula is C12H17NO5S. The molecule has 1 aromatic rings. The summed E-state index contributed by atoms with van der Waals surface area (Å²) in [7, 11) is -1.00. The van der Waals surface area contributed by atoms with E-state index in [0.29, 0.717) is 11.3 Å². The van der Waals surface area contributed by atoms with Crippen molar-refractivity contribution in [2.24, 2.45) is 5.73 Å². The highest BCUT2D eigenvalue weighted by Gasteiger charge is 2.23. The maximum Gasteiger partial charge on any atom is 0.320 e. The van der Waals surface area contributed by atoms with E-state index < -0.39 is 27.6 Å². The van der Waals surface area contributed by atoms with E-state index in [1.807, 2.05) is 0 Å². The summed E-state index contributed by atoms with van der Waals surface area (Å²) in [6.07, 6.45) is 0. The van der Waals surface area contributed by atoms with Crippen LogP contribution in [0.15, 0.2) is 24.3 Å². The lowest BCUT2D eigenvalue weighted by Crippen LogP contribution is -2.27. The van der Waals surface area contributed by atoms with Gasteiger partial charge in [0.15, 0.2) is 9.84 Å². The van der Waals surface area contributed by atoms with Crippen molar-refractivity contribution < 1.29 is 22.7 Å². The van der Waals surface area contributed by atoms with Crippen LogP contribution in [0.3, 0.4) is 0 Å². The summed E-state index contributed by atoms with van der Waals surface area (Å²) in [5.41, 5.74) is 6.45. The van der Waals surface area contributed by atoms with Crippen molar-refractivity contribution in [3.8, 4) is 5.75 Å². The fraction of sp³-hybridized carbons (Fsp3) is 0.417. The predicted octanol–water partition coefficient (Wildman–Crippen LogP) is 0.283. The zero-order chi connectivity index (χ0) is 14.5. The quantitative estimate of drug-likeness (QED) is 0.755. The molecule has 0 amide bonds. The van der Waals surface area contributed by atoms with Crippen LogP contribution in [0.1, 0.15) is 11.6 Å². The van der Waals surface area contributed by atoms with Crippen LogP contribution in [0.5, 0.6) is 5.75 Å². The van der Waals surface area contributed by atoms with Crippen LogP contribution >= 0.6 is 0 Å². The van der Waals surface area contributed by atoms with Crippen LogP contribution in [-0.4, -0.2) is 40.1 Å². The summed E-state index contributed by atoms with van der Waals surface area (Å²) in [5, 5.41) is 0. The number of hydrogen-bond acceptors (Lipinski definition) is 6. The van der Waals surface area contributed by atoms with Crippen molar-refractivity contribution in [2.45, 2.75) is 6.04 Å². The minimum absolute atomic E-state index is 0.345. The third kappa shape index (κ3) is 4.53. The first-order valence-corrected chi connectivity index (χ1v) is 7.37. The number of hydrogen-bond donors (Lipinski definition) is 1. The van der Waals surface area contributed by atoms with Gasteiger partial charge in [-0.25, -0.2) is 8.42 Å². The molecule has 19 heavy (non-hydrogen) atoms. The molecule has 0 aliphatic carbocycles. The SMILES string of the molecule is COC(=O)CS(=O)(=O)CC(N)c1ccccc1OC. The molecule has 2 N–H and O–H groups in total. The Labute approximate surface area is 112 Å². The molecule has 0 aromatic heterocycles. The number of carbonyl (C=O) groups is 1. The van der Waals surface area contributed by atoms with Crippen LogP contribution in [0, 0.1) is 0 Å². The Hall–Kier alpha value is -1.60. The van der Waals surface area contributed by atoms with Crippen molar-refractivity contribution in [2.75, 3.05) is 25.7 Å². The van der Waals surface area contributed by atoms with Crippen molar-refractivity contribution in [1.29, 1.82) is 0 Å². The molecule has 6 nitrogen and oxygen atoms in total. The second-order valence-corrected chi connectivity index (χ2v) is 6.09. The topological polar surface area (TPSA) is 95.7 Å². The van der Waals surface area contributed by atoms with E-state index in [2.05, 4.69) is 4.74 Å². The van der Waals surface area contributed by atoms with Gasteiger partial charge in [0.25, 0.3) is 0 Å². The fourth-order valence-corrected chi connectivity index (χ4v) is 2.96. The smallest absolute Gasteiger partial charge is 0.320 e. The zero-order valence-corrected chi connectivity index (χ0v) is 11.6. The molecule has 106 valence electrons. The number of nitrogens with two attached hydrogens (primary N) is 1. The van der Waals surface area contributed by atoms with E-state index in [-0.39, 0.29) is 5.75 Å². The normalized spacial score (nSPS) is 12.8. The van der Waals surface area contributed by atoms with E-state index in [4.69, 9.17) is 10.5 Å². The minimum Gasteiger partial charge on any atom is -0.496 e. The van der Waals surface area contributed by atoms with Gasteiger partial charge in [0, 0.05) is 11.6 Å². The average molecular weight is 287 g/mol. The largest absolute Gasteiger partial charge is 0.496 e. The molecule has 0 aliphatic rings. The average Bonchev–Trinajstić information content (AvgIpc) is 2.37. The number of ether oxygens (including phenoxy) is 2. The predicted molar refractivity (Wildman–Crippen MR) is 70.6 cm³/mol. The summed E-state index contributed by atoms with van der Waals surface area (Å²) < 4.78 is 33.0. The first kappa shape index (κ1) is 15.5. The van der Waals surface area contributed by atoms with Crippen molar-refractivity contribution in [3.63, 3.8) is 0 Å². The lowest BCUT2D eigenvalue weighted by molar-refractivity contribution is -0.137. The molecular weight excluding hydrogens is 270 g/mol. The summed E-state index contributed by atoms with van der Waals surface area (Å²) in [5.74, 6) is -1.30. The molecule has 0 bridgehead atoms. The fourth-order valence-electron chi connectivity index (χ4n) is 1.63. The van der Waals surface area contributed by atoms with Crippen molar-refractivity contribution in [3.05, 3.63) is 29.8 Å². The number of rotatable bonds is 6. The number of carbonyl (C=O) groups excluding carboxylic acids is 1.